The number of primary amides is 1. The average molecular weight is 277 g/mol. The van der Waals surface area contributed by atoms with Gasteiger partial charge in [-0.2, -0.15) is 0 Å². The van der Waals surface area contributed by atoms with Crippen molar-refractivity contribution >= 4 is 5.91 Å². The number of aromatic nitrogens is 3. The number of nitrogens with zero attached hydrogens (tertiary/aromatic N) is 3. The second-order valence-corrected chi connectivity index (χ2v) is 4.57. The Morgan fingerprint density at radius 3 is 2.90 bits per heavy atom. The van der Waals surface area contributed by atoms with Crippen molar-refractivity contribution in [3.05, 3.63) is 47.3 Å². The number of amides is 1. The molecule has 0 radical (unpaired) electrons. The highest BCUT2D eigenvalue weighted by molar-refractivity contribution is 5.92. The van der Waals surface area contributed by atoms with Gasteiger partial charge in [-0.25, -0.2) is 4.39 Å². The van der Waals surface area contributed by atoms with Gasteiger partial charge in [0.1, 0.15) is 18.0 Å². The number of halogens is 1. The monoisotopic (exact) mass is 277 g/mol. The summed E-state index contributed by atoms with van der Waals surface area (Å²) in [7, 11) is 1.84. The highest BCUT2D eigenvalue weighted by Crippen LogP contribution is 2.13. The largest absolute Gasteiger partial charge is 0.366 e. The summed E-state index contributed by atoms with van der Waals surface area (Å²) in [4.78, 5) is 11.1. The number of hydrogen-bond acceptors (Lipinski definition) is 4. The van der Waals surface area contributed by atoms with Gasteiger partial charge in [0.05, 0.1) is 6.04 Å². The number of nitrogens with one attached hydrogen (secondary N) is 1. The predicted molar refractivity (Wildman–Crippen MR) is 71.2 cm³/mol. The van der Waals surface area contributed by atoms with E-state index in [0.717, 1.165) is 5.82 Å². The van der Waals surface area contributed by atoms with Gasteiger partial charge in [0.2, 0.25) is 5.91 Å². The van der Waals surface area contributed by atoms with Crippen LogP contribution in [-0.2, 0) is 13.6 Å². The number of nitrogens with two attached hydrogens (primary N) is 1. The summed E-state index contributed by atoms with van der Waals surface area (Å²) in [5.74, 6) is -0.211. The maximum Gasteiger partial charge on any atom is 0.248 e. The lowest BCUT2D eigenvalue weighted by molar-refractivity contribution is 0.1000. The minimum Gasteiger partial charge on any atom is -0.366 e. The van der Waals surface area contributed by atoms with Crippen LogP contribution in [0.1, 0.15) is 34.7 Å². The number of rotatable bonds is 5. The van der Waals surface area contributed by atoms with E-state index in [9.17, 15) is 9.18 Å². The molecule has 1 aromatic carbocycles. The van der Waals surface area contributed by atoms with Crippen molar-refractivity contribution in [2.75, 3.05) is 0 Å². The molecule has 0 aliphatic heterocycles. The molecule has 2 aromatic rings. The van der Waals surface area contributed by atoms with Crippen LogP contribution < -0.4 is 11.1 Å². The topological polar surface area (TPSA) is 85.8 Å². The first kappa shape index (κ1) is 14.1. The van der Waals surface area contributed by atoms with Gasteiger partial charge in [-0.1, -0.05) is 0 Å². The van der Waals surface area contributed by atoms with Gasteiger partial charge in [-0.3, -0.25) is 4.79 Å². The molecule has 0 fully saturated rings. The zero-order valence-corrected chi connectivity index (χ0v) is 11.3. The second-order valence-electron chi connectivity index (χ2n) is 4.57. The molecule has 0 bridgehead atoms. The highest BCUT2D eigenvalue weighted by Gasteiger charge is 2.12. The van der Waals surface area contributed by atoms with E-state index in [-0.39, 0.29) is 24.0 Å². The first-order valence-corrected chi connectivity index (χ1v) is 6.14. The van der Waals surface area contributed by atoms with Crippen LogP contribution in [0.4, 0.5) is 4.39 Å². The Kier molecular flexibility index (Phi) is 4.09. The summed E-state index contributed by atoms with van der Waals surface area (Å²) in [5, 5.41) is 10.9. The van der Waals surface area contributed by atoms with Crippen molar-refractivity contribution in [2.24, 2.45) is 12.8 Å². The Morgan fingerprint density at radius 2 is 2.30 bits per heavy atom. The third-order valence-corrected chi connectivity index (χ3v) is 3.06. The maximum absolute atomic E-state index is 13.7. The van der Waals surface area contributed by atoms with Crippen LogP contribution in [0.25, 0.3) is 0 Å². The summed E-state index contributed by atoms with van der Waals surface area (Å²) >= 11 is 0. The molecule has 6 nitrogen and oxygen atoms in total. The van der Waals surface area contributed by atoms with Crippen LogP contribution in [-0.4, -0.2) is 20.7 Å². The summed E-state index contributed by atoms with van der Waals surface area (Å²) < 4.78 is 15.5. The lowest BCUT2D eigenvalue weighted by atomic mass is 10.1. The molecular weight excluding hydrogens is 261 g/mol. The summed E-state index contributed by atoms with van der Waals surface area (Å²) in [5.41, 5.74) is 5.85. The van der Waals surface area contributed by atoms with Crippen molar-refractivity contribution in [2.45, 2.75) is 19.5 Å². The zero-order valence-electron chi connectivity index (χ0n) is 11.3. The fourth-order valence-corrected chi connectivity index (χ4v) is 1.90. The predicted octanol–water partition coefficient (Wildman–Crippen LogP) is 0.904. The van der Waals surface area contributed by atoms with Gasteiger partial charge in [-0.15, -0.1) is 10.2 Å². The molecule has 106 valence electrons. The zero-order chi connectivity index (χ0) is 14.7. The second kappa shape index (κ2) is 5.79. The van der Waals surface area contributed by atoms with E-state index in [4.69, 9.17) is 5.73 Å². The number of benzene rings is 1. The lowest BCUT2D eigenvalue weighted by Gasteiger charge is -2.13. The number of carbonyl (C=O) groups is 1. The van der Waals surface area contributed by atoms with E-state index in [1.807, 2.05) is 14.0 Å². The molecule has 0 saturated carbocycles. The molecule has 1 unspecified atom stereocenters. The number of aryl methyl sites for hydroxylation is 1. The molecule has 1 heterocycles. The molecule has 1 atom stereocenters. The minimum atomic E-state index is -0.576. The summed E-state index contributed by atoms with van der Waals surface area (Å²) in [6.45, 7) is 2.17. The minimum absolute atomic E-state index is 0.0980. The standard InChI is InChI=1S/C13H16FN5O/c1-8(13-18-17-7-19(13)2)16-6-10-5-9(12(15)20)3-4-11(10)14/h3-5,7-8,16H,6H2,1-2H3,(H2,15,20). The maximum atomic E-state index is 13.7. The van der Waals surface area contributed by atoms with Crippen LogP contribution in [0.15, 0.2) is 24.5 Å². The third kappa shape index (κ3) is 3.00. The lowest BCUT2D eigenvalue weighted by Crippen LogP contribution is -2.22. The summed E-state index contributed by atoms with van der Waals surface area (Å²) in [6, 6.07) is 3.96. The molecule has 1 amide bonds. The molecule has 0 aliphatic carbocycles. The van der Waals surface area contributed by atoms with Crippen molar-refractivity contribution in [1.82, 2.24) is 20.1 Å². The van der Waals surface area contributed by atoms with Crippen LogP contribution in [0.5, 0.6) is 0 Å². The summed E-state index contributed by atoms with van der Waals surface area (Å²) in [6.07, 6.45) is 1.60. The molecule has 2 rings (SSSR count). The first-order chi connectivity index (χ1) is 9.49. The Labute approximate surface area is 115 Å². The molecule has 0 spiro atoms. The molecule has 3 N–H and O–H groups in total. The number of hydrogen-bond donors (Lipinski definition) is 2. The molecule has 20 heavy (non-hydrogen) atoms. The van der Waals surface area contributed by atoms with Crippen molar-refractivity contribution in [3.63, 3.8) is 0 Å². The van der Waals surface area contributed by atoms with Crippen LogP contribution >= 0.6 is 0 Å². The van der Waals surface area contributed by atoms with Crippen molar-refractivity contribution in [3.8, 4) is 0 Å². The molecule has 1 aromatic heterocycles. The van der Waals surface area contributed by atoms with Gasteiger partial charge in [0.25, 0.3) is 0 Å². The van der Waals surface area contributed by atoms with Gasteiger partial charge >= 0.3 is 0 Å². The highest BCUT2D eigenvalue weighted by atomic mass is 19.1. The fraction of sp³-hybridized carbons (Fsp3) is 0.308. The van der Waals surface area contributed by atoms with Gasteiger partial charge in [-0.05, 0) is 25.1 Å². The number of carbonyl (C=O) groups excluding carboxylic acids is 1. The normalized spacial score (nSPS) is 12.3. The van der Waals surface area contributed by atoms with Crippen LogP contribution in [0.3, 0.4) is 0 Å². The third-order valence-electron chi connectivity index (χ3n) is 3.06. The van der Waals surface area contributed by atoms with Crippen LogP contribution in [0, 0.1) is 5.82 Å². The van der Waals surface area contributed by atoms with E-state index in [2.05, 4.69) is 15.5 Å². The molecular formula is C13H16FN5O. The van der Waals surface area contributed by atoms with E-state index in [1.54, 1.807) is 10.9 Å². The first-order valence-electron chi connectivity index (χ1n) is 6.14. The van der Waals surface area contributed by atoms with E-state index in [1.165, 1.54) is 18.2 Å². The smallest absolute Gasteiger partial charge is 0.248 e. The van der Waals surface area contributed by atoms with Crippen molar-refractivity contribution < 1.29 is 9.18 Å². The van der Waals surface area contributed by atoms with Crippen LogP contribution in [0.2, 0.25) is 0 Å². The Bertz CT molecular complexity index is 625. The van der Waals surface area contributed by atoms with E-state index in [0.29, 0.717) is 5.56 Å². The Balaban J connectivity index is 2.09. The van der Waals surface area contributed by atoms with Gasteiger partial charge < -0.3 is 15.6 Å². The Morgan fingerprint density at radius 1 is 1.55 bits per heavy atom. The van der Waals surface area contributed by atoms with Gasteiger partial charge in [0, 0.05) is 24.7 Å². The van der Waals surface area contributed by atoms with Gasteiger partial charge in [0.15, 0.2) is 0 Å². The van der Waals surface area contributed by atoms with E-state index >= 15 is 0 Å². The van der Waals surface area contributed by atoms with E-state index < -0.39 is 5.91 Å². The molecule has 0 saturated heterocycles. The quantitative estimate of drug-likeness (QED) is 0.850. The van der Waals surface area contributed by atoms with Crippen molar-refractivity contribution in [1.29, 1.82) is 0 Å². The fourth-order valence-electron chi connectivity index (χ4n) is 1.90. The SMILES string of the molecule is CC(NCc1cc(C(N)=O)ccc1F)c1nncn1C. The Hall–Kier alpha value is -2.28. The molecule has 7 heteroatoms. The molecule has 0 aliphatic rings. The average Bonchev–Trinajstić information content (AvgIpc) is 2.83.